The molecule has 4 atom stereocenters. The van der Waals surface area contributed by atoms with Gasteiger partial charge in [0.15, 0.2) is 0 Å². The third kappa shape index (κ3) is 2.51. The average Bonchev–Trinajstić information content (AvgIpc) is 2.74. The fraction of sp³-hybridized carbons (Fsp3) is 0.846. The molecule has 2 saturated heterocycles. The molecule has 102 valence electrons. The third-order valence-electron chi connectivity index (χ3n) is 3.81. The number of nitrogens with one attached hydrogen (secondary N) is 1. The van der Waals surface area contributed by atoms with E-state index >= 15 is 0 Å². The SMILES string of the molecule is CC(C)(C)C(C(=O)O)C(=O)NC1CC2CCC1O2. The first kappa shape index (κ1) is 13.3. The molecule has 0 saturated carbocycles. The van der Waals surface area contributed by atoms with Crippen LogP contribution in [0.3, 0.4) is 0 Å². The number of rotatable bonds is 3. The summed E-state index contributed by atoms with van der Waals surface area (Å²) in [4.78, 5) is 23.3. The Kier molecular flexibility index (Phi) is 3.36. The van der Waals surface area contributed by atoms with Crippen LogP contribution in [0.4, 0.5) is 0 Å². The first-order chi connectivity index (χ1) is 8.29. The quantitative estimate of drug-likeness (QED) is 0.742. The summed E-state index contributed by atoms with van der Waals surface area (Å²) in [7, 11) is 0. The third-order valence-corrected chi connectivity index (χ3v) is 3.81. The molecule has 2 heterocycles. The van der Waals surface area contributed by atoms with Gasteiger partial charge >= 0.3 is 5.97 Å². The van der Waals surface area contributed by atoms with E-state index in [1.165, 1.54) is 0 Å². The fourth-order valence-electron chi connectivity index (χ4n) is 2.93. The maximum atomic E-state index is 12.1. The van der Waals surface area contributed by atoms with Gasteiger partial charge in [-0.2, -0.15) is 0 Å². The van der Waals surface area contributed by atoms with Gasteiger partial charge in [-0.05, 0) is 24.7 Å². The van der Waals surface area contributed by atoms with Crippen LogP contribution < -0.4 is 5.32 Å². The molecule has 0 radical (unpaired) electrons. The highest BCUT2D eigenvalue weighted by Crippen LogP contribution is 2.35. The van der Waals surface area contributed by atoms with E-state index in [-0.39, 0.29) is 18.2 Å². The standard InChI is InChI=1S/C13H21NO4/c1-13(2,3)10(12(16)17)11(15)14-8-6-7-4-5-9(8)18-7/h7-10H,4-6H2,1-3H3,(H,14,15)(H,16,17). The minimum absolute atomic E-state index is 0.0135. The van der Waals surface area contributed by atoms with Crippen molar-refractivity contribution in [3.63, 3.8) is 0 Å². The van der Waals surface area contributed by atoms with E-state index in [0.29, 0.717) is 0 Å². The van der Waals surface area contributed by atoms with Crippen molar-refractivity contribution >= 4 is 11.9 Å². The van der Waals surface area contributed by atoms with Gasteiger partial charge in [-0.1, -0.05) is 20.8 Å². The van der Waals surface area contributed by atoms with Crippen molar-refractivity contribution in [1.82, 2.24) is 5.32 Å². The Labute approximate surface area is 107 Å². The predicted molar refractivity (Wildman–Crippen MR) is 65.0 cm³/mol. The lowest BCUT2D eigenvalue weighted by Crippen LogP contribution is -2.49. The minimum Gasteiger partial charge on any atom is -0.481 e. The van der Waals surface area contributed by atoms with E-state index in [9.17, 15) is 14.7 Å². The number of amides is 1. The van der Waals surface area contributed by atoms with Gasteiger partial charge in [0.2, 0.25) is 5.91 Å². The zero-order valence-electron chi connectivity index (χ0n) is 11.1. The lowest BCUT2D eigenvalue weighted by molar-refractivity contribution is -0.151. The van der Waals surface area contributed by atoms with Gasteiger partial charge in [0.05, 0.1) is 18.2 Å². The molecule has 0 aromatic heterocycles. The monoisotopic (exact) mass is 255 g/mol. The number of hydrogen-bond acceptors (Lipinski definition) is 3. The number of carboxylic acids is 1. The summed E-state index contributed by atoms with van der Waals surface area (Å²) in [6, 6.07) is -0.0135. The summed E-state index contributed by atoms with van der Waals surface area (Å²) < 4.78 is 5.65. The number of fused-ring (bicyclic) bond motifs is 2. The van der Waals surface area contributed by atoms with Crippen LogP contribution in [0, 0.1) is 11.3 Å². The summed E-state index contributed by atoms with van der Waals surface area (Å²) in [5, 5.41) is 12.0. The van der Waals surface area contributed by atoms with Crippen LogP contribution in [0.5, 0.6) is 0 Å². The molecular formula is C13H21NO4. The molecule has 0 aromatic rings. The van der Waals surface area contributed by atoms with Gasteiger partial charge in [-0.15, -0.1) is 0 Å². The number of ether oxygens (including phenoxy) is 1. The fourth-order valence-corrected chi connectivity index (χ4v) is 2.93. The zero-order valence-corrected chi connectivity index (χ0v) is 11.1. The molecule has 5 heteroatoms. The molecule has 2 aliphatic heterocycles. The van der Waals surface area contributed by atoms with Crippen molar-refractivity contribution < 1.29 is 19.4 Å². The van der Waals surface area contributed by atoms with E-state index in [1.807, 2.05) is 0 Å². The minimum atomic E-state index is -1.07. The van der Waals surface area contributed by atoms with Crippen LogP contribution in [0.2, 0.25) is 0 Å². The largest absolute Gasteiger partial charge is 0.481 e. The van der Waals surface area contributed by atoms with Gasteiger partial charge in [0, 0.05) is 0 Å². The molecule has 2 N–H and O–H groups in total. The second kappa shape index (κ2) is 4.53. The Morgan fingerprint density at radius 3 is 2.39 bits per heavy atom. The Morgan fingerprint density at radius 2 is 2.00 bits per heavy atom. The first-order valence-corrected chi connectivity index (χ1v) is 6.47. The van der Waals surface area contributed by atoms with Crippen molar-refractivity contribution in [3.05, 3.63) is 0 Å². The van der Waals surface area contributed by atoms with E-state index in [1.54, 1.807) is 20.8 Å². The first-order valence-electron chi connectivity index (χ1n) is 6.47. The van der Waals surface area contributed by atoms with Crippen LogP contribution in [0.15, 0.2) is 0 Å². The van der Waals surface area contributed by atoms with Gasteiger partial charge in [0.1, 0.15) is 5.92 Å². The highest BCUT2D eigenvalue weighted by molar-refractivity contribution is 5.97. The second-order valence-corrected chi connectivity index (χ2v) is 6.36. The van der Waals surface area contributed by atoms with E-state index in [0.717, 1.165) is 19.3 Å². The number of carboxylic acid groups (broad SMARTS) is 1. The Bertz CT molecular complexity index is 360. The molecule has 0 aromatic carbocycles. The Hall–Kier alpha value is -1.10. The van der Waals surface area contributed by atoms with Crippen molar-refractivity contribution in [3.8, 4) is 0 Å². The summed E-state index contributed by atoms with van der Waals surface area (Å²) in [6.07, 6.45) is 3.15. The van der Waals surface area contributed by atoms with Crippen LogP contribution in [0.25, 0.3) is 0 Å². The van der Waals surface area contributed by atoms with E-state index < -0.39 is 23.2 Å². The Morgan fingerprint density at radius 1 is 1.33 bits per heavy atom. The topological polar surface area (TPSA) is 75.6 Å². The number of carbonyl (C=O) groups is 2. The van der Waals surface area contributed by atoms with Crippen LogP contribution in [-0.2, 0) is 14.3 Å². The molecule has 2 aliphatic rings. The molecule has 2 bridgehead atoms. The smallest absolute Gasteiger partial charge is 0.316 e. The summed E-state index contributed by atoms with van der Waals surface area (Å²) >= 11 is 0. The molecule has 2 rings (SSSR count). The molecule has 18 heavy (non-hydrogen) atoms. The van der Waals surface area contributed by atoms with Gasteiger partial charge < -0.3 is 15.2 Å². The van der Waals surface area contributed by atoms with Crippen molar-refractivity contribution in [2.24, 2.45) is 11.3 Å². The molecular weight excluding hydrogens is 234 g/mol. The maximum absolute atomic E-state index is 12.1. The highest BCUT2D eigenvalue weighted by atomic mass is 16.5. The predicted octanol–water partition coefficient (Wildman–Crippen LogP) is 1.17. The van der Waals surface area contributed by atoms with Crippen molar-refractivity contribution in [2.45, 2.75) is 58.3 Å². The second-order valence-electron chi connectivity index (χ2n) is 6.36. The number of carbonyl (C=O) groups excluding carboxylic acids is 1. The number of aliphatic carboxylic acids is 1. The lowest BCUT2D eigenvalue weighted by Gasteiger charge is -2.28. The van der Waals surface area contributed by atoms with Gasteiger partial charge in [-0.25, -0.2) is 0 Å². The lowest BCUT2D eigenvalue weighted by atomic mass is 9.80. The molecule has 0 aliphatic carbocycles. The molecule has 2 fully saturated rings. The van der Waals surface area contributed by atoms with Crippen LogP contribution >= 0.6 is 0 Å². The van der Waals surface area contributed by atoms with Crippen LogP contribution in [-0.4, -0.2) is 35.2 Å². The van der Waals surface area contributed by atoms with Crippen LogP contribution in [0.1, 0.15) is 40.0 Å². The maximum Gasteiger partial charge on any atom is 0.316 e. The van der Waals surface area contributed by atoms with Crippen molar-refractivity contribution in [1.29, 1.82) is 0 Å². The van der Waals surface area contributed by atoms with E-state index in [2.05, 4.69) is 5.32 Å². The normalized spacial score (nSPS) is 32.3. The highest BCUT2D eigenvalue weighted by Gasteiger charge is 2.44. The summed E-state index contributed by atoms with van der Waals surface area (Å²) in [5.41, 5.74) is -0.589. The molecule has 5 nitrogen and oxygen atoms in total. The van der Waals surface area contributed by atoms with Gasteiger partial charge in [-0.3, -0.25) is 9.59 Å². The summed E-state index contributed by atoms with van der Waals surface area (Å²) in [6.45, 7) is 5.30. The van der Waals surface area contributed by atoms with E-state index in [4.69, 9.17) is 4.74 Å². The zero-order chi connectivity index (χ0) is 13.5. The average molecular weight is 255 g/mol. The molecule has 0 spiro atoms. The van der Waals surface area contributed by atoms with Crippen molar-refractivity contribution in [2.75, 3.05) is 0 Å². The Balaban J connectivity index is 2.00. The van der Waals surface area contributed by atoms with Gasteiger partial charge in [0.25, 0.3) is 0 Å². The summed E-state index contributed by atoms with van der Waals surface area (Å²) in [5.74, 6) is -2.48. The molecule has 1 amide bonds. The molecule has 4 unspecified atom stereocenters. The number of hydrogen-bond donors (Lipinski definition) is 2.